The number of carbonyl (C=O) groups excluding carboxylic acids is 2. The van der Waals surface area contributed by atoms with E-state index in [0.29, 0.717) is 12.1 Å². The Morgan fingerprint density at radius 2 is 1.51 bits per heavy atom. The van der Waals surface area contributed by atoms with E-state index in [9.17, 15) is 49.1 Å². The molecule has 2 aromatic rings. The van der Waals surface area contributed by atoms with E-state index in [1.807, 2.05) is 0 Å². The third kappa shape index (κ3) is 7.25. The maximum absolute atomic E-state index is 13.8. The second-order valence-electron chi connectivity index (χ2n) is 9.98. The van der Waals surface area contributed by atoms with Crippen molar-refractivity contribution in [2.45, 2.75) is 77.8 Å². The molecule has 0 N–H and O–H groups in total. The van der Waals surface area contributed by atoms with Crippen LogP contribution in [0.25, 0.3) is 0 Å². The van der Waals surface area contributed by atoms with Gasteiger partial charge in [-0.3, -0.25) is 9.69 Å². The Labute approximate surface area is 229 Å². The van der Waals surface area contributed by atoms with E-state index in [0.717, 1.165) is 35.8 Å². The highest BCUT2D eigenvalue weighted by Gasteiger charge is 2.40. The number of carbonyl (C=O) groups is 2. The summed E-state index contributed by atoms with van der Waals surface area (Å²) in [5.74, 6) is -0.748. The minimum atomic E-state index is -5.12. The summed E-state index contributed by atoms with van der Waals surface area (Å²) in [6.45, 7) is 4.46. The molecule has 0 spiro atoms. The van der Waals surface area contributed by atoms with Crippen molar-refractivity contribution in [1.29, 1.82) is 0 Å². The fraction of sp³-hybridized carbons (Fsp3) is 0.481. The standard InChI is InChI=1S/C27H27F9N2O3/c1-14(2)41-24(40)37-9-5-6-22(20-7-8-21(27(34,35)36)15(3)23(20)37)38(16(4)39)13-17-10-18(25(28,29)30)12-19(11-17)26(31,32)33/h7-8,10-12,14,22H,5-6,9,13H2,1-4H3. The molecule has 0 saturated carbocycles. The van der Waals surface area contributed by atoms with Crippen LogP contribution in [-0.2, 0) is 34.6 Å². The number of hydrogen-bond acceptors (Lipinski definition) is 3. The van der Waals surface area contributed by atoms with E-state index in [-0.39, 0.29) is 42.3 Å². The molecule has 226 valence electrons. The maximum Gasteiger partial charge on any atom is 0.416 e. The Morgan fingerprint density at radius 1 is 0.951 bits per heavy atom. The topological polar surface area (TPSA) is 49.9 Å². The Hall–Kier alpha value is -3.45. The van der Waals surface area contributed by atoms with E-state index < -0.39 is 71.5 Å². The lowest BCUT2D eigenvalue weighted by atomic mass is 9.93. The molecule has 1 aliphatic heterocycles. The zero-order valence-corrected chi connectivity index (χ0v) is 22.4. The van der Waals surface area contributed by atoms with Gasteiger partial charge in [0.05, 0.1) is 34.5 Å². The molecule has 0 radical (unpaired) electrons. The summed E-state index contributed by atoms with van der Waals surface area (Å²) in [6.07, 6.45) is -16.4. The quantitative estimate of drug-likeness (QED) is 0.333. The predicted molar refractivity (Wildman–Crippen MR) is 130 cm³/mol. The molecule has 0 bridgehead atoms. The molecular weight excluding hydrogens is 571 g/mol. The number of ether oxygens (including phenoxy) is 1. The lowest BCUT2D eigenvalue weighted by molar-refractivity contribution is -0.143. The largest absolute Gasteiger partial charge is 0.446 e. The van der Waals surface area contributed by atoms with Gasteiger partial charge in [0.1, 0.15) is 0 Å². The molecule has 1 heterocycles. The van der Waals surface area contributed by atoms with Crippen molar-refractivity contribution in [2.75, 3.05) is 11.4 Å². The number of nitrogens with zero attached hydrogens (tertiary/aromatic N) is 2. The van der Waals surface area contributed by atoms with Gasteiger partial charge in [-0.05, 0) is 74.6 Å². The normalized spacial score (nSPS) is 16.3. The third-order valence-corrected chi connectivity index (χ3v) is 6.59. The van der Waals surface area contributed by atoms with Gasteiger partial charge in [-0.25, -0.2) is 4.79 Å². The Bertz CT molecular complexity index is 1270. The summed E-state index contributed by atoms with van der Waals surface area (Å²) < 4.78 is 127. The van der Waals surface area contributed by atoms with Gasteiger partial charge in [0.15, 0.2) is 0 Å². The van der Waals surface area contributed by atoms with Crippen LogP contribution in [0.4, 0.5) is 50.0 Å². The molecule has 14 heteroatoms. The lowest BCUT2D eigenvalue weighted by Crippen LogP contribution is -2.35. The van der Waals surface area contributed by atoms with Gasteiger partial charge >= 0.3 is 24.6 Å². The van der Waals surface area contributed by atoms with Crippen LogP contribution in [0.2, 0.25) is 0 Å². The second kappa shape index (κ2) is 11.4. The molecule has 3 rings (SSSR count). The van der Waals surface area contributed by atoms with E-state index >= 15 is 0 Å². The van der Waals surface area contributed by atoms with Crippen LogP contribution in [0.1, 0.15) is 73.0 Å². The summed E-state index contributed by atoms with van der Waals surface area (Å²) in [5.41, 5.74) is -5.12. The molecular formula is C27H27F9N2O3. The van der Waals surface area contributed by atoms with Gasteiger partial charge in [0.25, 0.3) is 0 Å². The highest BCUT2D eigenvalue weighted by molar-refractivity contribution is 5.91. The highest BCUT2D eigenvalue weighted by atomic mass is 19.4. The summed E-state index contributed by atoms with van der Waals surface area (Å²) in [4.78, 5) is 27.7. The van der Waals surface area contributed by atoms with Crippen LogP contribution in [0.15, 0.2) is 30.3 Å². The first kappa shape index (κ1) is 32.1. The van der Waals surface area contributed by atoms with E-state index in [4.69, 9.17) is 4.74 Å². The molecule has 1 unspecified atom stereocenters. The SMILES string of the molecule is CC(=O)N(Cc1cc(C(F)(F)F)cc(C(F)(F)F)c1)C1CCCN(C(=O)OC(C)C)c2c1ccc(C(F)(F)F)c2C. The minimum absolute atomic E-state index is 0.0389. The van der Waals surface area contributed by atoms with Crippen LogP contribution in [0.3, 0.4) is 0 Å². The van der Waals surface area contributed by atoms with Crippen molar-refractivity contribution in [2.24, 2.45) is 0 Å². The lowest BCUT2D eigenvalue weighted by Gasteiger charge is -2.33. The van der Waals surface area contributed by atoms with Gasteiger partial charge in [-0.15, -0.1) is 0 Å². The highest BCUT2D eigenvalue weighted by Crippen LogP contribution is 2.45. The summed E-state index contributed by atoms with van der Waals surface area (Å²) in [5, 5.41) is 0. The zero-order chi connectivity index (χ0) is 31.1. The molecule has 0 aromatic heterocycles. The summed E-state index contributed by atoms with van der Waals surface area (Å²) in [6, 6.07) is 1.70. The maximum atomic E-state index is 13.8. The van der Waals surface area contributed by atoms with E-state index in [1.165, 1.54) is 0 Å². The van der Waals surface area contributed by atoms with Crippen LogP contribution in [-0.4, -0.2) is 29.5 Å². The number of alkyl halides is 9. The Morgan fingerprint density at radius 3 is 1.98 bits per heavy atom. The molecule has 41 heavy (non-hydrogen) atoms. The van der Waals surface area contributed by atoms with Crippen molar-refractivity contribution < 1.29 is 53.8 Å². The van der Waals surface area contributed by atoms with Gasteiger partial charge in [0.2, 0.25) is 5.91 Å². The van der Waals surface area contributed by atoms with Crippen molar-refractivity contribution in [3.63, 3.8) is 0 Å². The monoisotopic (exact) mass is 598 g/mol. The van der Waals surface area contributed by atoms with Gasteiger partial charge < -0.3 is 9.64 Å². The minimum Gasteiger partial charge on any atom is -0.446 e. The number of benzene rings is 2. The molecule has 2 aromatic carbocycles. The van der Waals surface area contributed by atoms with Crippen molar-refractivity contribution >= 4 is 17.7 Å². The molecule has 0 saturated heterocycles. The molecule has 5 nitrogen and oxygen atoms in total. The number of anilines is 1. The first-order valence-electron chi connectivity index (χ1n) is 12.5. The second-order valence-corrected chi connectivity index (χ2v) is 9.98. The van der Waals surface area contributed by atoms with Crippen molar-refractivity contribution in [1.82, 2.24) is 4.90 Å². The number of hydrogen-bond donors (Lipinski definition) is 0. The number of rotatable bonds is 4. The Balaban J connectivity index is 2.20. The van der Waals surface area contributed by atoms with Crippen LogP contribution in [0, 0.1) is 6.92 Å². The van der Waals surface area contributed by atoms with E-state index in [1.54, 1.807) is 13.8 Å². The van der Waals surface area contributed by atoms with Gasteiger partial charge in [0, 0.05) is 20.0 Å². The zero-order valence-electron chi connectivity index (χ0n) is 22.4. The van der Waals surface area contributed by atoms with Crippen molar-refractivity contribution in [3.8, 4) is 0 Å². The van der Waals surface area contributed by atoms with Gasteiger partial charge in [-0.2, -0.15) is 39.5 Å². The first-order valence-corrected chi connectivity index (χ1v) is 12.5. The van der Waals surface area contributed by atoms with Gasteiger partial charge in [-0.1, -0.05) is 6.07 Å². The molecule has 1 atom stereocenters. The number of amides is 2. The predicted octanol–water partition coefficient (Wildman–Crippen LogP) is 8.29. The van der Waals surface area contributed by atoms with Crippen LogP contribution < -0.4 is 4.90 Å². The summed E-state index contributed by atoms with van der Waals surface area (Å²) >= 11 is 0. The van der Waals surface area contributed by atoms with E-state index in [2.05, 4.69) is 0 Å². The van der Waals surface area contributed by atoms with Crippen LogP contribution in [0.5, 0.6) is 0 Å². The first-order chi connectivity index (χ1) is 18.7. The molecule has 0 fully saturated rings. The van der Waals surface area contributed by atoms with Crippen molar-refractivity contribution in [3.05, 3.63) is 63.7 Å². The average Bonchev–Trinajstić information content (AvgIpc) is 3.00. The fourth-order valence-electron chi connectivity index (χ4n) is 4.89. The van der Waals surface area contributed by atoms with Crippen LogP contribution >= 0.6 is 0 Å². The molecule has 0 aliphatic carbocycles. The Kier molecular flexibility index (Phi) is 8.95. The fourth-order valence-corrected chi connectivity index (χ4v) is 4.89. The number of halogens is 9. The molecule has 2 amide bonds. The average molecular weight is 599 g/mol. The smallest absolute Gasteiger partial charge is 0.416 e. The molecule has 1 aliphatic rings. The summed E-state index contributed by atoms with van der Waals surface area (Å²) in [7, 11) is 0. The third-order valence-electron chi connectivity index (χ3n) is 6.59. The number of fused-ring (bicyclic) bond motifs is 1.